The number of nitrogens with two attached hydrogens (primary N) is 10. The predicted molar refractivity (Wildman–Crippen MR) is 403 cm³/mol. The molecule has 2 aromatic rings. The van der Waals surface area contributed by atoms with Gasteiger partial charge < -0.3 is 136 Å². The molecule has 0 unspecified atom stereocenters. The van der Waals surface area contributed by atoms with Gasteiger partial charge in [0.1, 0.15) is 66.5 Å². The lowest BCUT2D eigenvalue weighted by molar-refractivity contribution is -0.141. The molecule has 2 rings (SSSR count). The van der Waals surface area contributed by atoms with Crippen molar-refractivity contribution in [2.75, 3.05) is 43.4 Å². The molecule has 0 radical (unpaired) electrons. The molecule has 610 valence electrons. The molecule has 0 aliphatic rings. The van der Waals surface area contributed by atoms with Crippen molar-refractivity contribution in [2.45, 2.75) is 169 Å². The standard InChI is InChI=1S/C62H99N25O20S3/c63-16-4-3-9-33(53(100)87-42(27-110)59(106)82-36(49(68)96)20-44(66)89)79-52(99)34(11-6-18-74-62(71)72)80-56(103)38(21-45(67)90)84-54(101)35(13-15-47(92)93)81-58(105)40(25-108)77-46(91)24-76-51(98)32(10-5-17-73-61(69)70)78-57(104)39(22-48(94)95)85-55(102)37(19-28-23-75-31-8-2-1-7-29(28)31)83-60(107)41(26-109)86-50(97)30(64)12-14-43(65)88/h1-2,7-8,23,30,32-42,75,108-110H,3-6,9-22,24-27,63-64H2,(H2,65,88)(H2,66,89)(H2,67,90)(H2,68,96)(H,76,98)(H,77,91)(H,78,104)(H,79,99)(H,80,103)(H,81,105)(H,82,106)(H,83,107)(H,84,101)(H,85,102)(H,86,97)(H,87,100)(H,92,93)(H,94,95)(H4,69,70,73)(H4,71,72,74)/t30-,32-,33-,34-,35-,36-,37-,38-,39-,40-,41-,42-/m0/s1. The number of H-pyrrole nitrogens is 1. The normalized spacial score (nSPS) is 14.2. The molecule has 12 atom stereocenters. The number of thiol groups is 3. The van der Waals surface area contributed by atoms with Crippen molar-refractivity contribution in [3.05, 3.63) is 36.0 Å². The van der Waals surface area contributed by atoms with Gasteiger partial charge in [-0.3, -0.25) is 96.3 Å². The second-order valence-corrected chi connectivity index (χ2v) is 25.7. The van der Waals surface area contributed by atoms with E-state index in [1.165, 1.54) is 6.20 Å². The van der Waals surface area contributed by atoms with Crippen LogP contribution < -0.4 is 121 Å². The van der Waals surface area contributed by atoms with E-state index in [1.807, 2.05) is 0 Å². The summed E-state index contributed by atoms with van der Waals surface area (Å²) in [5.41, 5.74) is 55.6. The summed E-state index contributed by atoms with van der Waals surface area (Å²) in [6.07, 6.45) is -4.06. The van der Waals surface area contributed by atoms with Crippen molar-refractivity contribution < 1.29 is 96.5 Å². The summed E-state index contributed by atoms with van der Waals surface area (Å²) >= 11 is 12.4. The minimum atomic E-state index is -2.01. The molecule has 48 heteroatoms. The Kier molecular flexibility index (Phi) is 42.8. The van der Waals surface area contributed by atoms with Crippen LogP contribution in [-0.4, -0.2) is 250 Å². The van der Waals surface area contributed by atoms with Crippen LogP contribution >= 0.6 is 37.9 Å². The van der Waals surface area contributed by atoms with Crippen molar-refractivity contribution in [1.29, 1.82) is 0 Å². The summed E-state index contributed by atoms with van der Waals surface area (Å²) in [6.45, 7) is -1.15. The zero-order valence-corrected chi connectivity index (χ0v) is 62.3. The Hall–Kier alpha value is -11.3. The molecule has 0 aliphatic heterocycles. The van der Waals surface area contributed by atoms with Gasteiger partial charge in [-0.2, -0.15) is 37.9 Å². The van der Waals surface area contributed by atoms with Crippen molar-refractivity contribution in [3.8, 4) is 0 Å². The molecule has 0 saturated carbocycles. The molecular formula is C62H99N25O20S3. The third kappa shape index (κ3) is 36.1. The summed E-state index contributed by atoms with van der Waals surface area (Å²) < 4.78 is 0. The van der Waals surface area contributed by atoms with Crippen LogP contribution in [0.1, 0.15) is 95.5 Å². The highest BCUT2D eigenvalue weighted by Gasteiger charge is 2.37. The maximum atomic E-state index is 14.4. The van der Waals surface area contributed by atoms with Crippen LogP contribution in [0, 0.1) is 0 Å². The number of nitrogens with one attached hydrogen (secondary N) is 13. The summed E-state index contributed by atoms with van der Waals surface area (Å²) in [6, 6.07) is -13.2. The summed E-state index contributed by atoms with van der Waals surface area (Å²) in [5, 5.41) is 48.1. The smallest absolute Gasteiger partial charge is 0.305 e. The molecule has 35 N–H and O–H groups in total. The molecule has 1 aromatic carbocycles. The Morgan fingerprint density at radius 1 is 0.409 bits per heavy atom. The number of aromatic nitrogens is 1. The number of unbranched alkanes of at least 4 members (excludes halogenated alkanes) is 1. The van der Waals surface area contributed by atoms with Crippen molar-refractivity contribution in [1.82, 2.24) is 68.8 Å². The first-order valence-electron chi connectivity index (χ1n) is 34.0. The van der Waals surface area contributed by atoms with Crippen LogP contribution in [0.25, 0.3) is 10.9 Å². The molecule has 0 saturated heterocycles. The molecule has 1 aromatic heterocycles. The number of guanidine groups is 2. The van der Waals surface area contributed by atoms with Gasteiger partial charge in [-0.1, -0.05) is 18.2 Å². The van der Waals surface area contributed by atoms with E-state index in [9.17, 15) is 96.5 Å². The van der Waals surface area contributed by atoms with Gasteiger partial charge in [-0.15, -0.1) is 0 Å². The second-order valence-electron chi connectivity index (χ2n) is 24.6. The number of amides is 16. The topological polar surface area (TPSA) is 793 Å². The molecular weight excluding hydrogens is 1510 g/mol. The summed E-state index contributed by atoms with van der Waals surface area (Å²) in [7, 11) is 0. The Morgan fingerprint density at radius 2 is 0.800 bits per heavy atom. The molecule has 110 heavy (non-hydrogen) atoms. The molecule has 45 nitrogen and oxygen atoms in total. The number of aromatic amines is 1. The molecule has 1 heterocycles. The molecule has 16 amide bonds. The fourth-order valence-corrected chi connectivity index (χ4v) is 10.8. The lowest BCUT2D eigenvalue weighted by Crippen LogP contribution is -2.61. The third-order valence-corrected chi connectivity index (χ3v) is 16.9. The summed E-state index contributed by atoms with van der Waals surface area (Å²) in [5.74, 6) is -22.8. The molecule has 0 aliphatic carbocycles. The first-order chi connectivity index (χ1) is 51.8. The number of rotatable bonds is 54. The number of hydrogen-bond donors (Lipinski definition) is 28. The van der Waals surface area contributed by atoms with Crippen LogP contribution in [0.5, 0.6) is 0 Å². The number of carbonyl (C=O) groups excluding carboxylic acids is 16. The van der Waals surface area contributed by atoms with Gasteiger partial charge in [0, 0.05) is 66.7 Å². The molecule has 0 bridgehead atoms. The van der Waals surface area contributed by atoms with Gasteiger partial charge in [0.15, 0.2) is 11.9 Å². The van der Waals surface area contributed by atoms with Gasteiger partial charge in [0.2, 0.25) is 94.5 Å². The van der Waals surface area contributed by atoms with E-state index in [0.29, 0.717) is 22.9 Å². The van der Waals surface area contributed by atoms with Gasteiger partial charge in [-0.25, -0.2) is 0 Å². The number of primary amides is 4. The van der Waals surface area contributed by atoms with E-state index in [0.717, 1.165) is 0 Å². The number of aliphatic carboxylic acids is 2. The number of carboxylic acid groups (broad SMARTS) is 2. The predicted octanol–water partition coefficient (Wildman–Crippen LogP) is -11.6. The highest BCUT2D eigenvalue weighted by atomic mass is 32.1. The monoisotopic (exact) mass is 1610 g/mol. The summed E-state index contributed by atoms with van der Waals surface area (Å²) in [4.78, 5) is 249. The maximum Gasteiger partial charge on any atom is 0.305 e. The highest BCUT2D eigenvalue weighted by Crippen LogP contribution is 2.20. The quantitative estimate of drug-likeness (QED) is 0.0127. The number of carboxylic acids is 2. The lowest BCUT2D eigenvalue weighted by atomic mass is 10.0. The first-order valence-corrected chi connectivity index (χ1v) is 35.9. The van der Waals surface area contributed by atoms with Crippen molar-refractivity contribution >= 4 is 167 Å². The molecule has 0 spiro atoms. The third-order valence-electron chi connectivity index (χ3n) is 15.8. The number of carbonyl (C=O) groups is 18. The number of hydrogen-bond acceptors (Lipinski definition) is 25. The highest BCUT2D eigenvalue weighted by molar-refractivity contribution is 7.80. The van der Waals surface area contributed by atoms with Crippen LogP contribution in [0.4, 0.5) is 0 Å². The zero-order valence-electron chi connectivity index (χ0n) is 59.6. The first kappa shape index (κ1) is 94.8. The Balaban J connectivity index is 2.45. The number of aliphatic imine (C=N–C) groups is 2. The van der Waals surface area contributed by atoms with Crippen LogP contribution in [0.15, 0.2) is 40.4 Å². The zero-order chi connectivity index (χ0) is 82.9. The van der Waals surface area contributed by atoms with E-state index in [4.69, 9.17) is 57.3 Å². The van der Waals surface area contributed by atoms with Gasteiger partial charge in [0.25, 0.3) is 0 Å². The minimum absolute atomic E-state index is 0.0618. The lowest BCUT2D eigenvalue weighted by Gasteiger charge is -2.27. The van der Waals surface area contributed by atoms with Gasteiger partial charge >= 0.3 is 11.9 Å². The van der Waals surface area contributed by atoms with E-state index < -0.39 is 229 Å². The van der Waals surface area contributed by atoms with Gasteiger partial charge in [0.05, 0.1) is 31.8 Å². The Labute approximate surface area is 645 Å². The van der Waals surface area contributed by atoms with E-state index >= 15 is 0 Å². The van der Waals surface area contributed by atoms with Crippen molar-refractivity contribution in [2.24, 2.45) is 67.3 Å². The SMILES string of the molecule is NCCCC[C@H](NC(=O)[C@H](CCCN=C(N)N)NC(=O)[C@H](CC(N)=O)NC(=O)[C@H](CCC(=O)O)NC(=O)[C@H](CS)NC(=O)CNC(=O)[C@H](CCCN=C(N)N)NC(=O)[C@H](CC(=O)O)NC(=O)[C@H](Cc1c[nH]c2ccccc12)NC(=O)[C@H](CS)NC(=O)[C@@H](N)CCC(N)=O)C(=O)N[C@@H](CS)C(=O)N[C@@H](CC(N)=O)C(N)=O. The number of benzene rings is 1. The fourth-order valence-electron chi connectivity index (χ4n) is 10.1. The van der Waals surface area contributed by atoms with Gasteiger partial charge in [-0.05, 0) is 76.0 Å². The molecule has 0 fully saturated rings. The van der Waals surface area contributed by atoms with E-state index in [-0.39, 0.29) is 95.1 Å². The van der Waals surface area contributed by atoms with E-state index in [2.05, 4.69) is 117 Å². The van der Waals surface area contributed by atoms with Crippen LogP contribution in [-0.2, 0) is 92.7 Å². The Morgan fingerprint density at radius 3 is 1.25 bits per heavy atom. The number of fused-ring (bicyclic) bond motifs is 1. The average molecular weight is 1610 g/mol. The van der Waals surface area contributed by atoms with Crippen molar-refractivity contribution in [3.63, 3.8) is 0 Å². The van der Waals surface area contributed by atoms with Crippen LogP contribution in [0.2, 0.25) is 0 Å². The van der Waals surface area contributed by atoms with Crippen LogP contribution in [0.3, 0.4) is 0 Å². The minimum Gasteiger partial charge on any atom is -0.481 e. The average Bonchev–Trinajstić information content (AvgIpc) is 1.62. The Bertz CT molecular complexity index is 3660. The second kappa shape index (κ2) is 49.6. The largest absolute Gasteiger partial charge is 0.481 e. The fraction of sp³-hybridized carbons (Fsp3) is 0.548. The van der Waals surface area contributed by atoms with E-state index in [1.54, 1.807) is 24.3 Å². The maximum absolute atomic E-state index is 14.4. The number of para-hydroxylation sites is 1. The number of nitrogens with zero attached hydrogens (tertiary/aromatic N) is 2.